The van der Waals surface area contributed by atoms with E-state index in [1.165, 1.54) is 12.1 Å². The first-order valence-electron chi connectivity index (χ1n) is 8.17. The van der Waals surface area contributed by atoms with Gasteiger partial charge in [-0.25, -0.2) is 9.37 Å². The lowest BCUT2D eigenvalue weighted by atomic mass is 10.2. The molecule has 0 atom stereocenters. The van der Waals surface area contributed by atoms with E-state index in [4.69, 9.17) is 4.98 Å². The smallest absolute Gasteiger partial charge is 0.240 e. The molecule has 3 aromatic rings. The number of nitrogens with zero attached hydrogens (tertiary/aromatic N) is 2. The van der Waals surface area contributed by atoms with Crippen LogP contribution >= 0.6 is 0 Å². The van der Waals surface area contributed by atoms with Crippen molar-refractivity contribution < 1.29 is 9.18 Å². The van der Waals surface area contributed by atoms with Crippen LogP contribution in [0.15, 0.2) is 48.5 Å². The third-order valence-electron chi connectivity index (χ3n) is 4.33. The normalized spacial score (nSPS) is 14.0. The minimum absolute atomic E-state index is 0.0654. The number of fused-ring (bicyclic) bond motifs is 1. The highest BCUT2D eigenvalue weighted by atomic mass is 19.1. The molecule has 0 spiro atoms. The molecule has 0 aliphatic heterocycles. The maximum absolute atomic E-state index is 12.9. The van der Waals surface area contributed by atoms with E-state index in [0.717, 1.165) is 35.3 Å². The van der Waals surface area contributed by atoms with Crippen molar-refractivity contribution in [1.29, 1.82) is 0 Å². The van der Waals surface area contributed by atoms with Gasteiger partial charge in [0.05, 0.1) is 11.0 Å². The van der Waals surface area contributed by atoms with Crippen LogP contribution in [-0.2, 0) is 17.9 Å². The zero-order valence-electron chi connectivity index (χ0n) is 13.2. The highest BCUT2D eigenvalue weighted by Crippen LogP contribution is 2.40. The topological polar surface area (TPSA) is 46.9 Å². The molecule has 4 rings (SSSR count). The van der Waals surface area contributed by atoms with Gasteiger partial charge < -0.3 is 9.88 Å². The Labute approximate surface area is 139 Å². The molecule has 1 aliphatic carbocycles. The summed E-state index contributed by atoms with van der Waals surface area (Å²) in [6.07, 6.45) is 2.28. The van der Waals surface area contributed by atoms with Gasteiger partial charge in [-0.1, -0.05) is 24.3 Å². The zero-order chi connectivity index (χ0) is 16.5. The zero-order valence-corrected chi connectivity index (χ0v) is 13.2. The fourth-order valence-corrected chi connectivity index (χ4v) is 2.92. The fraction of sp³-hybridized carbons (Fsp3) is 0.263. The van der Waals surface area contributed by atoms with E-state index in [2.05, 4.69) is 5.32 Å². The van der Waals surface area contributed by atoms with Crippen LogP contribution in [0.25, 0.3) is 11.0 Å². The molecule has 0 radical (unpaired) electrons. The summed E-state index contributed by atoms with van der Waals surface area (Å²) in [6.45, 7) is 0.651. The number of amides is 1. The molecule has 2 aromatic carbocycles. The molecular formula is C19H18FN3O. The molecule has 1 aliphatic rings. The van der Waals surface area contributed by atoms with Gasteiger partial charge in [0.15, 0.2) is 0 Å². The lowest BCUT2D eigenvalue weighted by molar-refractivity contribution is -0.121. The van der Waals surface area contributed by atoms with Crippen LogP contribution in [0.4, 0.5) is 4.39 Å². The van der Waals surface area contributed by atoms with Gasteiger partial charge >= 0.3 is 0 Å². The van der Waals surface area contributed by atoms with Crippen LogP contribution in [-0.4, -0.2) is 15.5 Å². The summed E-state index contributed by atoms with van der Waals surface area (Å²) in [5.41, 5.74) is 2.81. The number of benzene rings is 2. The van der Waals surface area contributed by atoms with Crippen molar-refractivity contribution in [3.8, 4) is 0 Å². The number of imidazole rings is 1. The number of carbonyl (C=O) groups excluding carboxylic acids is 1. The molecule has 1 aromatic heterocycles. The molecule has 1 N–H and O–H groups in total. The number of nitrogens with one attached hydrogen (secondary N) is 1. The molecule has 1 fully saturated rings. The molecule has 1 saturated carbocycles. The molecule has 5 heteroatoms. The second-order valence-corrected chi connectivity index (χ2v) is 6.22. The average molecular weight is 323 g/mol. The van der Waals surface area contributed by atoms with Gasteiger partial charge in [0.1, 0.15) is 18.2 Å². The molecule has 1 amide bonds. The minimum Gasteiger partial charge on any atom is -0.350 e. The van der Waals surface area contributed by atoms with E-state index in [1.807, 2.05) is 28.8 Å². The van der Waals surface area contributed by atoms with E-state index in [9.17, 15) is 9.18 Å². The van der Waals surface area contributed by atoms with E-state index >= 15 is 0 Å². The van der Waals surface area contributed by atoms with Crippen molar-refractivity contribution in [2.24, 2.45) is 0 Å². The molecule has 0 saturated heterocycles. The third kappa shape index (κ3) is 3.02. The third-order valence-corrected chi connectivity index (χ3v) is 4.33. The maximum atomic E-state index is 12.9. The van der Waals surface area contributed by atoms with Crippen LogP contribution in [0.1, 0.15) is 30.1 Å². The van der Waals surface area contributed by atoms with Crippen LogP contribution in [0, 0.1) is 5.82 Å². The highest BCUT2D eigenvalue weighted by Gasteiger charge is 2.30. The first-order valence-corrected chi connectivity index (χ1v) is 8.17. The molecule has 4 nitrogen and oxygen atoms in total. The number of hydrogen-bond acceptors (Lipinski definition) is 2. The second-order valence-electron chi connectivity index (χ2n) is 6.22. The fourth-order valence-electron chi connectivity index (χ4n) is 2.92. The highest BCUT2D eigenvalue weighted by molar-refractivity contribution is 5.81. The molecule has 122 valence electrons. The lowest BCUT2D eigenvalue weighted by Gasteiger charge is -2.10. The van der Waals surface area contributed by atoms with E-state index in [1.54, 1.807) is 12.1 Å². The largest absolute Gasteiger partial charge is 0.350 e. The summed E-state index contributed by atoms with van der Waals surface area (Å²) in [5, 5.41) is 2.90. The molecule has 0 unspecified atom stereocenters. The van der Waals surface area contributed by atoms with Crippen molar-refractivity contribution >= 4 is 16.9 Å². The van der Waals surface area contributed by atoms with Gasteiger partial charge in [0.2, 0.25) is 5.91 Å². The van der Waals surface area contributed by atoms with Gasteiger partial charge in [-0.05, 0) is 42.7 Å². The Bertz CT molecular complexity index is 881. The van der Waals surface area contributed by atoms with Crippen molar-refractivity contribution in [3.05, 3.63) is 65.7 Å². The molecule has 0 bridgehead atoms. The van der Waals surface area contributed by atoms with Crippen molar-refractivity contribution in [1.82, 2.24) is 14.9 Å². The summed E-state index contributed by atoms with van der Waals surface area (Å²) >= 11 is 0. The Kier molecular flexibility index (Phi) is 3.76. The summed E-state index contributed by atoms with van der Waals surface area (Å²) < 4.78 is 14.9. The monoisotopic (exact) mass is 323 g/mol. The Hall–Kier alpha value is -2.69. The number of aromatic nitrogens is 2. The van der Waals surface area contributed by atoms with Gasteiger partial charge in [0.25, 0.3) is 0 Å². The lowest BCUT2D eigenvalue weighted by Crippen LogP contribution is -2.27. The van der Waals surface area contributed by atoms with Gasteiger partial charge in [-0.2, -0.15) is 0 Å². The minimum atomic E-state index is -0.274. The Morgan fingerprint density at radius 2 is 1.92 bits per heavy atom. The summed E-state index contributed by atoms with van der Waals surface area (Å²) in [6, 6.07) is 14.1. The second kappa shape index (κ2) is 6.07. The van der Waals surface area contributed by atoms with Crippen LogP contribution in [0.3, 0.4) is 0 Å². The van der Waals surface area contributed by atoms with Crippen molar-refractivity contribution in [2.75, 3.05) is 0 Å². The quantitative estimate of drug-likeness (QED) is 0.782. The van der Waals surface area contributed by atoms with Crippen LogP contribution < -0.4 is 5.32 Å². The maximum Gasteiger partial charge on any atom is 0.240 e. The van der Waals surface area contributed by atoms with Crippen LogP contribution in [0.2, 0.25) is 0 Å². The number of hydrogen-bond donors (Lipinski definition) is 1. The molecule has 1 heterocycles. The Morgan fingerprint density at radius 1 is 1.17 bits per heavy atom. The van der Waals surface area contributed by atoms with Crippen molar-refractivity contribution in [3.63, 3.8) is 0 Å². The number of rotatable bonds is 5. The number of halogens is 1. The molecule has 24 heavy (non-hydrogen) atoms. The number of para-hydroxylation sites is 2. The first-order chi connectivity index (χ1) is 11.7. The van der Waals surface area contributed by atoms with E-state index < -0.39 is 0 Å². The predicted octanol–water partition coefficient (Wildman–Crippen LogP) is 3.37. The van der Waals surface area contributed by atoms with Gasteiger partial charge in [-0.3, -0.25) is 4.79 Å². The molecular weight excluding hydrogens is 305 g/mol. The van der Waals surface area contributed by atoms with Crippen LogP contribution in [0.5, 0.6) is 0 Å². The SMILES string of the molecule is O=C(Cn1c(C2CC2)nc2ccccc21)NCc1ccc(F)cc1. The standard InChI is InChI=1S/C19H18FN3O/c20-15-9-5-13(6-10-15)11-21-18(24)12-23-17-4-2-1-3-16(17)22-19(23)14-7-8-14/h1-6,9-10,14H,7-8,11-12H2,(H,21,24). The van der Waals surface area contributed by atoms with E-state index in [0.29, 0.717) is 12.5 Å². The van der Waals surface area contributed by atoms with Gasteiger partial charge in [-0.15, -0.1) is 0 Å². The van der Waals surface area contributed by atoms with Crippen molar-refractivity contribution in [2.45, 2.75) is 31.8 Å². The van der Waals surface area contributed by atoms with E-state index in [-0.39, 0.29) is 18.3 Å². The Balaban J connectivity index is 1.50. The average Bonchev–Trinajstić information content (AvgIpc) is 3.38. The predicted molar refractivity (Wildman–Crippen MR) is 90.0 cm³/mol. The summed E-state index contributed by atoms with van der Waals surface area (Å²) in [7, 11) is 0. The van der Waals surface area contributed by atoms with Gasteiger partial charge in [0, 0.05) is 12.5 Å². The summed E-state index contributed by atoms with van der Waals surface area (Å²) in [4.78, 5) is 17.1. The summed E-state index contributed by atoms with van der Waals surface area (Å²) in [5.74, 6) is 1.14. The first kappa shape index (κ1) is 14.9. The number of carbonyl (C=O) groups is 1. The Morgan fingerprint density at radius 3 is 2.67 bits per heavy atom.